The highest BCUT2D eigenvalue weighted by molar-refractivity contribution is 6.00. The van der Waals surface area contributed by atoms with Crippen LogP contribution >= 0.6 is 0 Å². The maximum Gasteiger partial charge on any atom is 0.356 e. The number of carbonyl (C=O) groups excluding carboxylic acids is 3. The fourth-order valence-corrected chi connectivity index (χ4v) is 1.95. The first-order chi connectivity index (χ1) is 9.02. The van der Waals surface area contributed by atoms with Gasteiger partial charge in [0.05, 0.1) is 13.0 Å². The molecule has 1 aliphatic rings. The molecule has 0 saturated carbocycles. The van der Waals surface area contributed by atoms with Crippen LogP contribution in [0.25, 0.3) is 0 Å². The van der Waals surface area contributed by atoms with Gasteiger partial charge in [0.2, 0.25) is 11.8 Å². The minimum absolute atomic E-state index is 0.0885. The molecule has 1 atom stereocenters. The molecule has 2 amide bonds. The number of hydrogen-bond donors (Lipinski definition) is 1. The third-order valence-corrected chi connectivity index (χ3v) is 2.98. The molecular weight excluding hydrogens is 250 g/mol. The zero-order valence-electron chi connectivity index (χ0n) is 10.3. The van der Waals surface area contributed by atoms with Crippen LogP contribution in [0.2, 0.25) is 0 Å². The number of methoxy groups -OCH3 is 1. The summed E-state index contributed by atoms with van der Waals surface area (Å²) in [5.41, 5.74) is 5.81. The monoisotopic (exact) mass is 263 g/mol. The SMILES string of the molecule is COC(=O)c1cc(N2CC(C(N)=O)CC2=O)ccn1. The summed E-state index contributed by atoms with van der Waals surface area (Å²) in [7, 11) is 1.25. The highest BCUT2D eigenvalue weighted by atomic mass is 16.5. The number of anilines is 1. The summed E-state index contributed by atoms with van der Waals surface area (Å²) in [6, 6.07) is 3.04. The van der Waals surface area contributed by atoms with Crippen molar-refractivity contribution in [1.82, 2.24) is 4.98 Å². The van der Waals surface area contributed by atoms with E-state index in [1.165, 1.54) is 24.3 Å². The smallest absolute Gasteiger partial charge is 0.356 e. The van der Waals surface area contributed by atoms with E-state index in [9.17, 15) is 14.4 Å². The van der Waals surface area contributed by atoms with Crippen molar-refractivity contribution in [3.05, 3.63) is 24.0 Å². The average molecular weight is 263 g/mol. The van der Waals surface area contributed by atoms with Gasteiger partial charge in [-0.15, -0.1) is 0 Å². The largest absolute Gasteiger partial charge is 0.464 e. The molecule has 7 nitrogen and oxygen atoms in total. The van der Waals surface area contributed by atoms with Crippen molar-refractivity contribution in [3.63, 3.8) is 0 Å². The number of pyridine rings is 1. The maximum absolute atomic E-state index is 11.8. The molecule has 2 N–H and O–H groups in total. The highest BCUT2D eigenvalue weighted by Gasteiger charge is 2.34. The first-order valence-electron chi connectivity index (χ1n) is 5.67. The van der Waals surface area contributed by atoms with Crippen LogP contribution in [0, 0.1) is 5.92 Å². The lowest BCUT2D eigenvalue weighted by Crippen LogP contribution is -2.28. The standard InChI is InChI=1S/C12H13N3O4/c1-19-12(18)9-5-8(2-3-14-9)15-6-7(11(13)17)4-10(15)16/h2-3,5,7H,4,6H2,1H3,(H2,13,17). The molecule has 2 heterocycles. The molecule has 1 fully saturated rings. The van der Waals surface area contributed by atoms with Crippen LogP contribution in [0.3, 0.4) is 0 Å². The maximum atomic E-state index is 11.8. The van der Waals surface area contributed by atoms with Gasteiger partial charge in [0.15, 0.2) is 0 Å². The topological polar surface area (TPSA) is 103 Å². The molecule has 0 aliphatic carbocycles. The molecule has 2 rings (SSSR count). The number of hydrogen-bond acceptors (Lipinski definition) is 5. The van der Waals surface area contributed by atoms with Crippen LogP contribution in [-0.2, 0) is 14.3 Å². The number of nitrogens with two attached hydrogens (primary N) is 1. The van der Waals surface area contributed by atoms with Crippen molar-refractivity contribution in [1.29, 1.82) is 0 Å². The summed E-state index contributed by atoms with van der Waals surface area (Å²) in [5.74, 6) is -1.79. The second kappa shape index (κ2) is 5.05. The van der Waals surface area contributed by atoms with Gasteiger partial charge in [0.25, 0.3) is 0 Å². The van der Waals surface area contributed by atoms with Gasteiger partial charge in [-0.1, -0.05) is 0 Å². The van der Waals surface area contributed by atoms with Gasteiger partial charge in [-0.3, -0.25) is 9.59 Å². The van der Waals surface area contributed by atoms with Gasteiger partial charge in [-0.05, 0) is 12.1 Å². The van der Waals surface area contributed by atoms with Gasteiger partial charge in [-0.2, -0.15) is 0 Å². The van der Waals surface area contributed by atoms with Crippen LogP contribution in [0.1, 0.15) is 16.9 Å². The molecule has 7 heteroatoms. The van der Waals surface area contributed by atoms with E-state index in [4.69, 9.17) is 5.73 Å². The van der Waals surface area contributed by atoms with Crippen molar-refractivity contribution in [2.75, 3.05) is 18.6 Å². The van der Waals surface area contributed by atoms with Gasteiger partial charge < -0.3 is 15.4 Å². The summed E-state index contributed by atoms with van der Waals surface area (Å²) in [6.07, 6.45) is 1.50. The van der Waals surface area contributed by atoms with Crippen LogP contribution < -0.4 is 10.6 Å². The Bertz CT molecular complexity index is 544. The molecule has 1 saturated heterocycles. The number of ether oxygens (including phenoxy) is 1. The van der Waals surface area contributed by atoms with E-state index >= 15 is 0 Å². The molecule has 0 spiro atoms. The van der Waals surface area contributed by atoms with Crippen LogP contribution in [0.4, 0.5) is 5.69 Å². The number of rotatable bonds is 3. The van der Waals surface area contributed by atoms with E-state index in [1.807, 2.05) is 0 Å². The second-order valence-corrected chi connectivity index (χ2v) is 4.20. The Hall–Kier alpha value is -2.44. The number of nitrogens with zero attached hydrogens (tertiary/aromatic N) is 2. The first kappa shape index (κ1) is 13.0. The molecular formula is C12H13N3O4. The van der Waals surface area contributed by atoms with Gasteiger partial charge >= 0.3 is 5.97 Å². The Morgan fingerprint density at radius 3 is 2.84 bits per heavy atom. The Kier molecular flexibility index (Phi) is 3.46. The Morgan fingerprint density at radius 2 is 2.26 bits per heavy atom. The molecule has 19 heavy (non-hydrogen) atoms. The fourth-order valence-electron chi connectivity index (χ4n) is 1.95. The summed E-state index contributed by atoms with van der Waals surface area (Å²) in [4.78, 5) is 39.6. The Balaban J connectivity index is 2.25. The van der Waals surface area contributed by atoms with Gasteiger partial charge in [-0.25, -0.2) is 9.78 Å². The second-order valence-electron chi connectivity index (χ2n) is 4.20. The predicted octanol–water partition coefficient (Wildman–Crippen LogP) is -0.294. The molecule has 1 aromatic heterocycles. The summed E-state index contributed by atoms with van der Waals surface area (Å²) in [6.45, 7) is 0.221. The molecule has 0 radical (unpaired) electrons. The van der Waals surface area contributed by atoms with E-state index in [0.717, 1.165) is 0 Å². The Labute approximate surface area is 109 Å². The first-order valence-corrected chi connectivity index (χ1v) is 5.67. The lowest BCUT2D eigenvalue weighted by molar-refractivity contribution is -0.123. The van der Waals surface area contributed by atoms with Crippen molar-refractivity contribution in [3.8, 4) is 0 Å². The zero-order valence-corrected chi connectivity index (χ0v) is 10.3. The summed E-state index contributed by atoms with van der Waals surface area (Å²) >= 11 is 0. The van der Waals surface area contributed by atoms with Crippen LogP contribution in [-0.4, -0.2) is 36.4 Å². The number of primary amides is 1. The van der Waals surface area contributed by atoms with Crippen molar-refractivity contribution in [2.24, 2.45) is 11.7 Å². The quantitative estimate of drug-likeness (QED) is 0.754. The Morgan fingerprint density at radius 1 is 1.53 bits per heavy atom. The number of carbonyl (C=O) groups is 3. The molecule has 100 valence electrons. The summed E-state index contributed by atoms with van der Waals surface area (Å²) in [5, 5.41) is 0. The van der Waals surface area contributed by atoms with E-state index < -0.39 is 17.8 Å². The van der Waals surface area contributed by atoms with E-state index in [2.05, 4.69) is 9.72 Å². The van der Waals surface area contributed by atoms with E-state index in [0.29, 0.717) is 5.69 Å². The third-order valence-electron chi connectivity index (χ3n) is 2.98. The number of amides is 2. The predicted molar refractivity (Wildman–Crippen MR) is 65.2 cm³/mol. The molecule has 1 aliphatic heterocycles. The fraction of sp³-hybridized carbons (Fsp3) is 0.333. The average Bonchev–Trinajstić information content (AvgIpc) is 2.80. The van der Waals surface area contributed by atoms with Crippen molar-refractivity contribution in [2.45, 2.75) is 6.42 Å². The lowest BCUT2D eigenvalue weighted by Gasteiger charge is -2.16. The van der Waals surface area contributed by atoms with Crippen LogP contribution in [0.5, 0.6) is 0 Å². The van der Waals surface area contributed by atoms with Gasteiger partial charge in [0, 0.05) is 24.8 Å². The molecule has 1 aromatic rings. The zero-order chi connectivity index (χ0) is 14.0. The van der Waals surface area contributed by atoms with Crippen molar-refractivity contribution >= 4 is 23.5 Å². The number of esters is 1. The normalized spacial score (nSPS) is 18.5. The molecule has 0 aromatic carbocycles. The molecule has 1 unspecified atom stereocenters. The van der Waals surface area contributed by atoms with E-state index in [-0.39, 0.29) is 24.6 Å². The third kappa shape index (κ3) is 2.54. The van der Waals surface area contributed by atoms with E-state index in [1.54, 1.807) is 6.07 Å². The lowest BCUT2D eigenvalue weighted by atomic mass is 10.1. The van der Waals surface area contributed by atoms with Crippen LogP contribution in [0.15, 0.2) is 18.3 Å². The minimum Gasteiger partial charge on any atom is -0.464 e. The van der Waals surface area contributed by atoms with Crippen molar-refractivity contribution < 1.29 is 19.1 Å². The highest BCUT2D eigenvalue weighted by Crippen LogP contribution is 2.25. The molecule has 0 bridgehead atoms. The summed E-state index contributed by atoms with van der Waals surface area (Å²) < 4.78 is 4.56. The minimum atomic E-state index is -0.583. The number of aromatic nitrogens is 1. The van der Waals surface area contributed by atoms with Gasteiger partial charge in [0.1, 0.15) is 5.69 Å².